The maximum Gasteiger partial charge on any atom is 0.349 e. The van der Waals surface area contributed by atoms with Crippen LogP contribution in [0.1, 0.15) is 23.0 Å². The Kier molecular flexibility index (Phi) is 3.56. The van der Waals surface area contributed by atoms with Crippen LogP contribution in [-0.2, 0) is 4.74 Å². The molecule has 0 spiro atoms. The number of esters is 1. The van der Waals surface area contributed by atoms with Crippen molar-refractivity contribution in [3.05, 3.63) is 21.3 Å². The predicted octanol–water partition coefficient (Wildman–Crippen LogP) is 2.97. The number of carbonyl (C=O) groups excluding carboxylic acids is 1. The lowest BCUT2D eigenvalue weighted by Gasteiger charge is -1.99. The van der Waals surface area contributed by atoms with E-state index in [0.29, 0.717) is 16.5 Å². The van der Waals surface area contributed by atoms with Crippen molar-refractivity contribution in [3.8, 4) is 0 Å². The van der Waals surface area contributed by atoms with Gasteiger partial charge in [-0.3, -0.25) is 0 Å². The predicted molar refractivity (Wildman–Crippen MR) is 49.9 cm³/mol. The third-order valence-corrected chi connectivity index (χ3v) is 2.56. The fourth-order valence-electron chi connectivity index (χ4n) is 0.700. The van der Waals surface area contributed by atoms with Gasteiger partial charge in [0.2, 0.25) is 0 Å². The van der Waals surface area contributed by atoms with Gasteiger partial charge in [0.05, 0.1) is 11.6 Å². The zero-order chi connectivity index (χ0) is 8.97. The molecule has 0 aromatic carbocycles. The number of rotatable bonds is 3. The van der Waals surface area contributed by atoms with Gasteiger partial charge in [0.1, 0.15) is 4.88 Å². The topological polar surface area (TPSA) is 26.3 Å². The van der Waals surface area contributed by atoms with Gasteiger partial charge in [-0.25, -0.2) is 4.79 Å². The van der Waals surface area contributed by atoms with Gasteiger partial charge in [-0.1, -0.05) is 18.5 Å². The molecule has 1 heterocycles. The molecular formula is C8H9ClO2S. The molecule has 1 aromatic rings. The normalized spacial score (nSPS) is 9.83. The molecule has 4 heteroatoms. The first-order chi connectivity index (χ1) is 5.75. The van der Waals surface area contributed by atoms with Gasteiger partial charge in [-0.05, 0) is 17.9 Å². The molecule has 0 saturated carbocycles. The van der Waals surface area contributed by atoms with Gasteiger partial charge < -0.3 is 4.74 Å². The number of carbonyl (C=O) groups is 1. The smallest absolute Gasteiger partial charge is 0.349 e. The van der Waals surface area contributed by atoms with Gasteiger partial charge in [-0.15, -0.1) is 11.3 Å². The van der Waals surface area contributed by atoms with Crippen LogP contribution < -0.4 is 0 Å². The summed E-state index contributed by atoms with van der Waals surface area (Å²) in [6, 6.07) is 1.69. The summed E-state index contributed by atoms with van der Waals surface area (Å²) in [6.45, 7) is 2.40. The first kappa shape index (κ1) is 9.55. The van der Waals surface area contributed by atoms with Crippen LogP contribution in [0.15, 0.2) is 11.4 Å². The minimum absolute atomic E-state index is 0.322. The summed E-state index contributed by atoms with van der Waals surface area (Å²) in [5.74, 6) is -0.322. The molecule has 0 saturated heterocycles. The summed E-state index contributed by atoms with van der Waals surface area (Å²) < 4.78 is 4.90. The molecule has 66 valence electrons. The molecule has 2 nitrogen and oxygen atoms in total. The van der Waals surface area contributed by atoms with Crippen molar-refractivity contribution in [3.63, 3.8) is 0 Å². The Balaban J connectivity index is 2.59. The van der Waals surface area contributed by atoms with Crippen LogP contribution in [0.3, 0.4) is 0 Å². The second kappa shape index (κ2) is 4.48. The lowest BCUT2D eigenvalue weighted by molar-refractivity contribution is 0.0511. The zero-order valence-corrected chi connectivity index (χ0v) is 8.24. The molecule has 0 atom stereocenters. The Bertz CT molecular complexity index is 270. The van der Waals surface area contributed by atoms with Gasteiger partial charge in [0.15, 0.2) is 0 Å². The van der Waals surface area contributed by atoms with E-state index in [0.717, 1.165) is 6.42 Å². The summed E-state index contributed by atoms with van der Waals surface area (Å²) in [4.78, 5) is 11.7. The largest absolute Gasteiger partial charge is 0.461 e. The zero-order valence-electron chi connectivity index (χ0n) is 6.67. The minimum atomic E-state index is -0.322. The third kappa shape index (κ3) is 2.22. The SMILES string of the molecule is CCCOC(=O)c1sccc1Cl. The first-order valence-electron chi connectivity index (χ1n) is 3.65. The van der Waals surface area contributed by atoms with Gasteiger partial charge in [0.25, 0.3) is 0 Å². The summed E-state index contributed by atoms with van der Waals surface area (Å²) in [6.07, 6.45) is 0.828. The van der Waals surface area contributed by atoms with Crippen molar-refractivity contribution in [2.75, 3.05) is 6.61 Å². The molecule has 0 aliphatic rings. The highest BCUT2D eigenvalue weighted by Gasteiger charge is 2.12. The second-order valence-electron chi connectivity index (χ2n) is 2.23. The molecule has 0 aliphatic carbocycles. The average Bonchev–Trinajstić information content (AvgIpc) is 2.47. The molecule has 0 radical (unpaired) electrons. The van der Waals surface area contributed by atoms with E-state index in [4.69, 9.17) is 16.3 Å². The van der Waals surface area contributed by atoms with Crippen LogP contribution in [-0.4, -0.2) is 12.6 Å². The van der Waals surface area contributed by atoms with Crippen LogP contribution in [0.2, 0.25) is 5.02 Å². The maximum atomic E-state index is 11.2. The molecule has 0 N–H and O–H groups in total. The summed E-state index contributed by atoms with van der Waals surface area (Å²) in [7, 11) is 0. The van der Waals surface area contributed by atoms with Crippen molar-refractivity contribution in [2.24, 2.45) is 0 Å². The third-order valence-electron chi connectivity index (χ3n) is 1.24. The Hall–Kier alpha value is -0.540. The summed E-state index contributed by atoms with van der Waals surface area (Å²) in [5.41, 5.74) is 0. The van der Waals surface area contributed by atoms with Crippen LogP contribution in [0.5, 0.6) is 0 Å². The van der Waals surface area contributed by atoms with Crippen molar-refractivity contribution >= 4 is 28.9 Å². The summed E-state index contributed by atoms with van der Waals surface area (Å²) in [5, 5.41) is 2.24. The molecule has 0 aliphatic heterocycles. The molecule has 12 heavy (non-hydrogen) atoms. The molecular weight excluding hydrogens is 196 g/mol. The maximum absolute atomic E-state index is 11.2. The number of ether oxygens (including phenoxy) is 1. The van der Waals surface area contributed by atoms with Crippen molar-refractivity contribution in [1.29, 1.82) is 0 Å². The Morgan fingerprint density at radius 1 is 1.75 bits per heavy atom. The van der Waals surface area contributed by atoms with Crippen LogP contribution in [0, 0.1) is 0 Å². The van der Waals surface area contributed by atoms with Gasteiger partial charge >= 0.3 is 5.97 Å². The number of halogens is 1. The number of hydrogen-bond acceptors (Lipinski definition) is 3. The van der Waals surface area contributed by atoms with Crippen LogP contribution in [0.25, 0.3) is 0 Å². The monoisotopic (exact) mass is 204 g/mol. The van der Waals surface area contributed by atoms with E-state index in [1.54, 1.807) is 11.4 Å². The molecule has 0 unspecified atom stereocenters. The molecule has 1 rings (SSSR count). The van der Waals surface area contributed by atoms with Crippen LogP contribution in [0.4, 0.5) is 0 Å². The van der Waals surface area contributed by atoms with E-state index >= 15 is 0 Å². The molecule has 0 bridgehead atoms. The Morgan fingerprint density at radius 3 is 3.00 bits per heavy atom. The highest BCUT2D eigenvalue weighted by Crippen LogP contribution is 2.22. The average molecular weight is 205 g/mol. The molecule has 1 aromatic heterocycles. The van der Waals surface area contributed by atoms with E-state index in [1.807, 2.05) is 6.92 Å². The molecule has 0 fully saturated rings. The van der Waals surface area contributed by atoms with Crippen molar-refractivity contribution in [1.82, 2.24) is 0 Å². The van der Waals surface area contributed by atoms with E-state index in [9.17, 15) is 4.79 Å². The summed E-state index contributed by atoms with van der Waals surface area (Å²) >= 11 is 7.02. The Labute approximate surface area is 80.1 Å². The van der Waals surface area contributed by atoms with Crippen molar-refractivity contribution < 1.29 is 9.53 Å². The van der Waals surface area contributed by atoms with Gasteiger partial charge in [0, 0.05) is 0 Å². The molecule has 0 amide bonds. The van der Waals surface area contributed by atoms with Crippen molar-refractivity contribution in [2.45, 2.75) is 13.3 Å². The first-order valence-corrected chi connectivity index (χ1v) is 4.91. The van der Waals surface area contributed by atoms with E-state index in [2.05, 4.69) is 0 Å². The quantitative estimate of drug-likeness (QED) is 0.708. The Morgan fingerprint density at radius 2 is 2.50 bits per heavy atom. The number of thiophene rings is 1. The lowest BCUT2D eigenvalue weighted by Crippen LogP contribution is -2.03. The highest BCUT2D eigenvalue weighted by atomic mass is 35.5. The van der Waals surface area contributed by atoms with Gasteiger partial charge in [-0.2, -0.15) is 0 Å². The second-order valence-corrected chi connectivity index (χ2v) is 3.56. The standard InChI is InChI=1S/C8H9ClO2S/c1-2-4-11-8(10)7-6(9)3-5-12-7/h3,5H,2,4H2,1H3. The highest BCUT2D eigenvalue weighted by molar-refractivity contribution is 7.12. The van der Waals surface area contributed by atoms with E-state index < -0.39 is 0 Å². The fraction of sp³-hybridized carbons (Fsp3) is 0.375. The minimum Gasteiger partial charge on any atom is -0.461 e. The number of hydrogen-bond donors (Lipinski definition) is 0. The lowest BCUT2D eigenvalue weighted by atomic mass is 10.4. The van der Waals surface area contributed by atoms with E-state index in [1.165, 1.54) is 11.3 Å². The fourth-order valence-corrected chi connectivity index (χ4v) is 1.72. The van der Waals surface area contributed by atoms with Crippen LogP contribution >= 0.6 is 22.9 Å². The van der Waals surface area contributed by atoms with E-state index in [-0.39, 0.29) is 5.97 Å².